The molecule has 0 saturated heterocycles. The summed E-state index contributed by atoms with van der Waals surface area (Å²) in [5, 5.41) is 0.724. The van der Waals surface area contributed by atoms with E-state index in [0.717, 1.165) is 4.90 Å². The second kappa shape index (κ2) is 6.63. The second-order valence-corrected chi connectivity index (χ2v) is 5.97. The van der Waals surface area contributed by atoms with Gasteiger partial charge in [0.15, 0.2) is 6.73 Å². The highest BCUT2D eigenvalue weighted by atomic mass is 35.5. The molecule has 0 N–H and O–H groups in total. The van der Waals surface area contributed by atoms with Crippen molar-refractivity contribution in [2.45, 2.75) is 6.42 Å². The molecule has 2 aromatic rings. The number of ether oxygens (including phenoxy) is 1. The molecular formula is C17H11Cl2NO4. The quantitative estimate of drug-likeness (QED) is 0.617. The number of hydrogen-bond acceptors (Lipinski definition) is 4. The van der Waals surface area contributed by atoms with Gasteiger partial charge in [-0.2, -0.15) is 0 Å². The van der Waals surface area contributed by atoms with Crippen molar-refractivity contribution in [2.24, 2.45) is 0 Å². The first-order valence-electron chi connectivity index (χ1n) is 7.02. The highest BCUT2D eigenvalue weighted by Gasteiger charge is 2.35. The molecule has 1 heterocycles. The van der Waals surface area contributed by atoms with Crippen molar-refractivity contribution < 1.29 is 19.1 Å². The molecule has 3 rings (SSSR count). The van der Waals surface area contributed by atoms with Gasteiger partial charge in [-0.1, -0.05) is 41.4 Å². The van der Waals surface area contributed by atoms with Crippen molar-refractivity contribution in [1.82, 2.24) is 4.90 Å². The predicted molar refractivity (Wildman–Crippen MR) is 88.1 cm³/mol. The van der Waals surface area contributed by atoms with E-state index in [1.807, 2.05) is 0 Å². The Balaban J connectivity index is 1.62. The number of hydrogen-bond donors (Lipinski definition) is 0. The van der Waals surface area contributed by atoms with Gasteiger partial charge in [-0.25, -0.2) is 4.90 Å². The van der Waals surface area contributed by atoms with Gasteiger partial charge in [0.25, 0.3) is 11.8 Å². The smallest absolute Gasteiger partial charge is 0.311 e. The SMILES string of the molecule is O=C(Cc1ccc(Cl)c(Cl)c1)OCN1C(=O)c2ccccc2C1=O. The largest absolute Gasteiger partial charge is 0.443 e. The van der Waals surface area contributed by atoms with Crippen LogP contribution in [0, 0.1) is 0 Å². The first-order chi connectivity index (χ1) is 11.5. The minimum absolute atomic E-state index is 0.0416. The molecule has 122 valence electrons. The van der Waals surface area contributed by atoms with E-state index < -0.39 is 24.5 Å². The Labute approximate surface area is 147 Å². The average Bonchev–Trinajstić information content (AvgIpc) is 2.81. The number of esters is 1. The molecule has 0 atom stereocenters. The molecule has 5 nitrogen and oxygen atoms in total. The molecule has 24 heavy (non-hydrogen) atoms. The summed E-state index contributed by atoms with van der Waals surface area (Å²) < 4.78 is 5.04. The number of halogens is 2. The van der Waals surface area contributed by atoms with Crippen molar-refractivity contribution in [2.75, 3.05) is 6.73 Å². The molecule has 2 amide bonds. The number of nitrogens with zero attached hydrogens (tertiary/aromatic N) is 1. The standard InChI is InChI=1S/C17H11Cl2NO4/c18-13-6-5-10(7-14(13)19)8-15(21)24-9-20-16(22)11-3-1-2-4-12(11)17(20)23/h1-7H,8-9H2. The zero-order valence-corrected chi connectivity index (χ0v) is 13.8. The number of imide groups is 1. The molecule has 1 aliphatic rings. The Morgan fingerprint density at radius 3 is 2.17 bits per heavy atom. The summed E-state index contributed by atoms with van der Waals surface area (Å²) >= 11 is 11.7. The molecule has 0 bridgehead atoms. The molecule has 0 spiro atoms. The third-order valence-electron chi connectivity index (χ3n) is 3.57. The van der Waals surface area contributed by atoms with Crippen LogP contribution in [0.2, 0.25) is 10.0 Å². The Morgan fingerprint density at radius 2 is 1.58 bits per heavy atom. The van der Waals surface area contributed by atoms with Crippen LogP contribution in [0.15, 0.2) is 42.5 Å². The molecule has 0 aliphatic carbocycles. The normalized spacial score (nSPS) is 13.2. The van der Waals surface area contributed by atoms with Crippen LogP contribution in [0.1, 0.15) is 26.3 Å². The topological polar surface area (TPSA) is 63.7 Å². The molecule has 0 radical (unpaired) electrons. The summed E-state index contributed by atoms with van der Waals surface area (Å²) in [7, 11) is 0. The summed E-state index contributed by atoms with van der Waals surface area (Å²) in [5.74, 6) is -1.53. The minimum Gasteiger partial charge on any atom is -0.443 e. The summed E-state index contributed by atoms with van der Waals surface area (Å²) in [6.45, 7) is -0.424. The Hall–Kier alpha value is -2.37. The molecule has 7 heteroatoms. The van der Waals surface area contributed by atoms with Gasteiger partial charge in [0.2, 0.25) is 0 Å². The predicted octanol–water partition coefficient (Wildman–Crippen LogP) is 3.33. The maximum atomic E-state index is 12.1. The minimum atomic E-state index is -0.579. The first kappa shape index (κ1) is 16.5. The average molecular weight is 364 g/mol. The van der Waals surface area contributed by atoms with E-state index in [1.54, 1.807) is 42.5 Å². The summed E-state index contributed by atoms with van der Waals surface area (Å²) in [4.78, 5) is 37.1. The van der Waals surface area contributed by atoms with Gasteiger partial charge in [-0.05, 0) is 29.8 Å². The summed E-state index contributed by atoms with van der Waals surface area (Å²) in [5.41, 5.74) is 1.24. The number of fused-ring (bicyclic) bond motifs is 1. The fraction of sp³-hybridized carbons (Fsp3) is 0.118. The molecular weight excluding hydrogens is 353 g/mol. The van der Waals surface area contributed by atoms with Crippen molar-refractivity contribution in [1.29, 1.82) is 0 Å². The third kappa shape index (κ3) is 3.13. The van der Waals surface area contributed by atoms with E-state index in [1.165, 1.54) is 0 Å². The van der Waals surface area contributed by atoms with Gasteiger partial charge in [0.1, 0.15) is 0 Å². The van der Waals surface area contributed by atoms with E-state index >= 15 is 0 Å². The van der Waals surface area contributed by atoms with Crippen LogP contribution in [0.4, 0.5) is 0 Å². The van der Waals surface area contributed by atoms with Gasteiger partial charge in [0, 0.05) is 0 Å². The zero-order valence-electron chi connectivity index (χ0n) is 12.3. The number of carbonyl (C=O) groups is 3. The fourth-order valence-electron chi connectivity index (χ4n) is 2.36. The molecule has 0 unspecified atom stereocenters. The molecule has 1 aliphatic heterocycles. The van der Waals surface area contributed by atoms with Gasteiger partial charge in [-0.3, -0.25) is 14.4 Å². The van der Waals surface area contributed by atoms with Crippen molar-refractivity contribution in [3.63, 3.8) is 0 Å². The Bertz CT molecular complexity index is 815. The van der Waals surface area contributed by atoms with Crippen LogP contribution in [-0.2, 0) is 16.0 Å². The summed E-state index contributed by atoms with van der Waals surface area (Å²) in [6, 6.07) is 11.3. The van der Waals surface area contributed by atoms with E-state index in [4.69, 9.17) is 27.9 Å². The third-order valence-corrected chi connectivity index (χ3v) is 4.30. The van der Waals surface area contributed by atoms with E-state index in [2.05, 4.69) is 0 Å². The molecule has 2 aromatic carbocycles. The van der Waals surface area contributed by atoms with Gasteiger partial charge < -0.3 is 4.74 Å². The highest BCUT2D eigenvalue weighted by molar-refractivity contribution is 6.42. The Kier molecular flexibility index (Phi) is 4.55. The lowest BCUT2D eigenvalue weighted by molar-refractivity contribution is -0.145. The number of amides is 2. The van der Waals surface area contributed by atoms with Crippen LogP contribution in [0.5, 0.6) is 0 Å². The Morgan fingerprint density at radius 1 is 0.958 bits per heavy atom. The highest BCUT2D eigenvalue weighted by Crippen LogP contribution is 2.24. The number of benzene rings is 2. The molecule has 0 fully saturated rings. The van der Waals surface area contributed by atoms with Crippen molar-refractivity contribution in [3.05, 3.63) is 69.2 Å². The number of rotatable bonds is 4. The lowest BCUT2D eigenvalue weighted by Crippen LogP contribution is -2.33. The second-order valence-electron chi connectivity index (χ2n) is 5.15. The summed E-state index contributed by atoms with van der Waals surface area (Å²) in [6.07, 6.45) is -0.0416. The molecule has 0 aromatic heterocycles. The first-order valence-corrected chi connectivity index (χ1v) is 7.77. The van der Waals surface area contributed by atoms with Gasteiger partial charge >= 0.3 is 5.97 Å². The van der Waals surface area contributed by atoms with Crippen LogP contribution in [0.25, 0.3) is 0 Å². The van der Waals surface area contributed by atoms with Gasteiger partial charge in [0.05, 0.1) is 27.6 Å². The number of carbonyl (C=O) groups excluding carboxylic acids is 3. The maximum absolute atomic E-state index is 12.1. The van der Waals surface area contributed by atoms with Crippen molar-refractivity contribution >= 4 is 41.0 Å². The van der Waals surface area contributed by atoms with Crippen LogP contribution in [0.3, 0.4) is 0 Å². The van der Waals surface area contributed by atoms with Gasteiger partial charge in [-0.15, -0.1) is 0 Å². The lowest BCUT2D eigenvalue weighted by atomic mass is 10.1. The van der Waals surface area contributed by atoms with Crippen LogP contribution in [-0.4, -0.2) is 29.4 Å². The fourth-order valence-corrected chi connectivity index (χ4v) is 2.68. The lowest BCUT2D eigenvalue weighted by Gasteiger charge is -2.14. The van der Waals surface area contributed by atoms with Crippen molar-refractivity contribution in [3.8, 4) is 0 Å². The maximum Gasteiger partial charge on any atom is 0.311 e. The van der Waals surface area contributed by atoms with E-state index in [0.29, 0.717) is 26.7 Å². The van der Waals surface area contributed by atoms with Crippen LogP contribution >= 0.6 is 23.2 Å². The zero-order chi connectivity index (χ0) is 17.3. The van der Waals surface area contributed by atoms with E-state index in [9.17, 15) is 14.4 Å². The molecule has 0 saturated carbocycles. The van der Waals surface area contributed by atoms with Crippen LogP contribution < -0.4 is 0 Å². The monoisotopic (exact) mass is 363 g/mol. The van der Waals surface area contributed by atoms with E-state index in [-0.39, 0.29) is 6.42 Å².